The van der Waals surface area contributed by atoms with Gasteiger partial charge >= 0.3 is 12.2 Å². The number of nitrogens with one attached hydrogen (secondary N) is 2. The molecular formula is C33H46F3N9O2Si. The van der Waals surface area contributed by atoms with Crippen LogP contribution in [0.5, 0.6) is 6.01 Å². The molecule has 48 heavy (non-hydrogen) atoms. The topological polar surface area (TPSA) is 118 Å². The fourth-order valence-corrected chi connectivity index (χ4v) is 7.69. The van der Waals surface area contributed by atoms with E-state index in [-0.39, 0.29) is 36.8 Å². The number of ether oxygens (including phenoxy) is 2. The summed E-state index contributed by atoms with van der Waals surface area (Å²) in [6.07, 6.45) is -2.03. The molecule has 0 amide bonds. The number of nitriles is 1. The lowest BCUT2D eigenvalue weighted by atomic mass is 9.98. The Hall–Kier alpha value is -3.45. The second-order valence-corrected chi connectivity index (χ2v) is 20.0. The van der Waals surface area contributed by atoms with E-state index in [0.717, 1.165) is 36.5 Å². The van der Waals surface area contributed by atoms with Crippen LogP contribution in [0, 0.1) is 11.3 Å². The predicted octanol–water partition coefficient (Wildman–Crippen LogP) is 5.04. The second kappa shape index (κ2) is 14.2. The van der Waals surface area contributed by atoms with Gasteiger partial charge in [0, 0.05) is 69.5 Å². The molecule has 0 saturated carbocycles. The van der Waals surface area contributed by atoms with Gasteiger partial charge in [-0.05, 0) is 45.0 Å². The maximum absolute atomic E-state index is 14.7. The van der Waals surface area contributed by atoms with E-state index in [2.05, 4.69) is 58.1 Å². The van der Waals surface area contributed by atoms with Crippen LogP contribution in [0.25, 0.3) is 10.9 Å². The van der Waals surface area contributed by atoms with Crippen LogP contribution < -0.4 is 19.9 Å². The van der Waals surface area contributed by atoms with Gasteiger partial charge in [0.25, 0.3) is 0 Å². The smallest absolute Gasteiger partial charge is 0.418 e. The molecule has 3 aromatic rings. The third-order valence-corrected chi connectivity index (χ3v) is 11.4. The van der Waals surface area contributed by atoms with Crippen molar-refractivity contribution in [1.29, 1.82) is 5.26 Å². The second-order valence-electron chi connectivity index (χ2n) is 14.4. The number of rotatable bonds is 11. The average Bonchev–Trinajstić information content (AvgIpc) is 3.69. The van der Waals surface area contributed by atoms with Gasteiger partial charge in [-0.15, -0.1) is 0 Å². The summed E-state index contributed by atoms with van der Waals surface area (Å²) in [5.41, 5.74) is 2.88. The Morgan fingerprint density at radius 2 is 1.98 bits per heavy atom. The van der Waals surface area contributed by atoms with Crippen LogP contribution in [0.15, 0.2) is 18.3 Å². The summed E-state index contributed by atoms with van der Waals surface area (Å²) in [6, 6.07) is 6.60. The molecule has 0 unspecified atom stereocenters. The van der Waals surface area contributed by atoms with Gasteiger partial charge in [-0.1, -0.05) is 25.7 Å². The first-order valence-electron chi connectivity index (χ1n) is 16.9. The lowest BCUT2D eigenvalue weighted by Gasteiger charge is -2.38. The number of aromatic amines is 1. The molecule has 2 aromatic heterocycles. The van der Waals surface area contributed by atoms with Gasteiger partial charge in [-0.25, -0.2) is 0 Å². The number of H-pyrrole nitrogens is 1. The summed E-state index contributed by atoms with van der Waals surface area (Å²) < 4.78 is 56.2. The minimum Gasteiger partial charge on any atom is -0.462 e. The summed E-state index contributed by atoms with van der Waals surface area (Å²) in [5.74, 6) is 0.781. The molecule has 0 spiro atoms. The Morgan fingerprint density at radius 3 is 2.71 bits per heavy atom. The molecule has 1 aromatic carbocycles. The molecule has 2 saturated heterocycles. The van der Waals surface area contributed by atoms with E-state index in [4.69, 9.17) is 19.4 Å². The van der Waals surface area contributed by atoms with Crippen LogP contribution in [0.2, 0.25) is 25.7 Å². The largest absolute Gasteiger partial charge is 0.462 e. The van der Waals surface area contributed by atoms with Crippen LogP contribution in [-0.4, -0.2) is 104 Å². The molecule has 15 heteroatoms. The lowest BCUT2D eigenvalue weighted by molar-refractivity contribution is -0.222. The van der Waals surface area contributed by atoms with Crippen LogP contribution in [0.4, 0.5) is 24.7 Å². The third kappa shape index (κ3) is 7.72. The first kappa shape index (κ1) is 34.4. The number of aromatic nitrogens is 4. The summed E-state index contributed by atoms with van der Waals surface area (Å²) >= 11 is 0. The number of alkyl halides is 3. The van der Waals surface area contributed by atoms with E-state index in [1.54, 1.807) is 12.3 Å². The minimum atomic E-state index is -4.61. The maximum Gasteiger partial charge on any atom is 0.418 e. The van der Waals surface area contributed by atoms with Crippen molar-refractivity contribution >= 4 is 30.5 Å². The Bertz CT molecular complexity index is 1620. The third-order valence-electron chi connectivity index (χ3n) is 9.65. The number of likely N-dealkylation sites (tertiary alicyclic amines) is 1. The van der Waals surface area contributed by atoms with Crippen molar-refractivity contribution in [2.45, 2.75) is 82.3 Å². The van der Waals surface area contributed by atoms with Gasteiger partial charge in [0.15, 0.2) is 6.10 Å². The number of piperazine rings is 1. The average molecular weight is 686 g/mol. The van der Waals surface area contributed by atoms with Crippen LogP contribution >= 0.6 is 0 Å². The van der Waals surface area contributed by atoms with E-state index in [1.807, 2.05) is 4.90 Å². The molecule has 6 rings (SSSR count). The Kier molecular flexibility index (Phi) is 10.2. The van der Waals surface area contributed by atoms with Crippen molar-refractivity contribution < 1.29 is 22.6 Å². The van der Waals surface area contributed by atoms with E-state index >= 15 is 0 Å². The summed E-state index contributed by atoms with van der Waals surface area (Å²) in [4.78, 5) is 16.3. The van der Waals surface area contributed by atoms with E-state index < -0.39 is 20.4 Å². The van der Waals surface area contributed by atoms with Crippen molar-refractivity contribution in [3.05, 3.63) is 35.2 Å². The number of nitrogens with zero attached hydrogens (tertiary/aromatic N) is 7. The number of hydrogen-bond acceptors (Lipinski definition) is 10. The molecule has 5 heterocycles. The molecule has 3 atom stereocenters. The van der Waals surface area contributed by atoms with Gasteiger partial charge in [-0.3, -0.25) is 5.10 Å². The Morgan fingerprint density at radius 1 is 1.15 bits per heavy atom. The fourth-order valence-electron chi connectivity index (χ4n) is 6.96. The van der Waals surface area contributed by atoms with Gasteiger partial charge in [0.1, 0.15) is 12.4 Å². The molecule has 0 aliphatic carbocycles. The van der Waals surface area contributed by atoms with E-state index in [0.29, 0.717) is 68.3 Å². The highest BCUT2D eigenvalue weighted by molar-refractivity contribution is 6.76. The zero-order chi connectivity index (χ0) is 34.1. The van der Waals surface area contributed by atoms with E-state index in [9.17, 15) is 18.4 Å². The summed E-state index contributed by atoms with van der Waals surface area (Å²) in [5, 5.41) is 20.5. The molecular weight excluding hydrogens is 640 g/mol. The number of hydrogen-bond donors (Lipinski definition) is 2. The number of benzene rings is 1. The van der Waals surface area contributed by atoms with Gasteiger partial charge < -0.3 is 29.5 Å². The SMILES string of the molecule is CN1CCC[C@@H]1COc1nc2c(c(N3CCN[C@H](CC#N)C3)n1)CCN(c1c([C@@H](OCC[Si](C)(C)C)C(F)(F)F)ccc3[nH]ncc13)C2. The van der Waals surface area contributed by atoms with Gasteiger partial charge in [0.2, 0.25) is 0 Å². The molecule has 0 radical (unpaired) electrons. The normalized spacial score (nSPS) is 21.4. The van der Waals surface area contributed by atoms with Crippen molar-refractivity contribution in [1.82, 2.24) is 30.4 Å². The quantitative estimate of drug-likeness (QED) is 0.266. The van der Waals surface area contributed by atoms with Crippen molar-refractivity contribution in [2.75, 3.05) is 62.8 Å². The molecule has 2 fully saturated rings. The van der Waals surface area contributed by atoms with Gasteiger partial charge in [0.05, 0.1) is 42.1 Å². The number of likely N-dealkylation sites (N-methyl/N-ethyl adjacent to an activating group) is 1. The molecule has 2 N–H and O–H groups in total. The maximum atomic E-state index is 14.7. The Labute approximate surface area is 280 Å². The zero-order valence-corrected chi connectivity index (χ0v) is 29.2. The zero-order valence-electron chi connectivity index (χ0n) is 28.2. The number of halogens is 3. The predicted molar refractivity (Wildman–Crippen MR) is 181 cm³/mol. The minimum absolute atomic E-state index is 0.00691. The van der Waals surface area contributed by atoms with Crippen molar-refractivity contribution in [2.24, 2.45) is 0 Å². The lowest BCUT2D eigenvalue weighted by Crippen LogP contribution is -2.51. The standard InChI is InChI=1S/C33H46F3N9O2Si/c1-43-13-5-6-23(43)21-47-32-40-28-20-44(14-10-24(28)31(41-32)45-15-12-38-22(19-45)9-11-37)29-25(7-8-27-26(29)18-39-42-27)30(33(34,35)36)46-16-17-48(2,3)4/h7-8,18,22-23,30,38H,5-6,9-10,12-17,19-21H2,1-4H3,(H,39,42)/t22-,23-,30-/m1/s1. The summed E-state index contributed by atoms with van der Waals surface area (Å²) in [6.45, 7) is 10.6. The number of anilines is 2. The highest BCUT2D eigenvalue weighted by atomic mass is 28.3. The molecule has 11 nitrogen and oxygen atoms in total. The van der Waals surface area contributed by atoms with Crippen LogP contribution in [-0.2, 0) is 17.7 Å². The molecule has 3 aliphatic rings. The molecule has 3 aliphatic heterocycles. The first-order valence-corrected chi connectivity index (χ1v) is 20.6. The highest BCUT2D eigenvalue weighted by Crippen LogP contribution is 2.44. The highest BCUT2D eigenvalue weighted by Gasteiger charge is 2.44. The molecule has 0 bridgehead atoms. The first-order chi connectivity index (χ1) is 22.9. The van der Waals surface area contributed by atoms with Crippen LogP contribution in [0.1, 0.15) is 42.2 Å². The molecule has 260 valence electrons. The summed E-state index contributed by atoms with van der Waals surface area (Å²) in [7, 11) is 0.462. The van der Waals surface area contributed by atoms with E-state index in [1.165, 1.54) is 6.07 Å². The van der Waals surface area contributed by atoms with Crippen molar-refractivity contribution in [3.8, 4) is 12.1 Å². The monoisotopic (exact) mass is 685 g/mol. The number of fused-ring (bicyclic) bond motifs is 2. The van der Waals surface area contributed by atoms with Crippen molar-refractivity contribution in [3.63, 3.8) is 0 Å². The Balaban J connectivity index is 1.36. The van der Waals surface area contributed by atoms with Crippen LogP contribution in [0.3, 0.4) is 0 Å². The fraction of sp³-hybridized carbons (Fsp3) is 0.636. The van der Waals surface area contributed by atoms with Gasteiger partial charge in [-0.2, -0.15) is 33.5 Å².